The van der Waals surface area contributed by atoms with Crippen LogP contribution in [0.4, 0.5) is 0 Å². The van der Waals surface area contributed by atoms with E-state index in [-0.39, 0.29) is 17.7 Å². The number of carbonyl (C=O) groups is 2. The van der Waals surface area contributed by atoms with Crippen LogP contribution in [0.3, 0.4) is 0 Å². The third-order valence-electron chi connectivity index (χ3n) is 4.98. The molecule has 1 aliphatic heterocycles. The molecule has 0 aromatic carbocycles. The highest BCUT2D eigenvalue weighted by Gasteiger charge is 2.32. The molecule has 2 aliphatic rings. The molecule has 1 saturated carbocycles. The number of rotatable bonds is 5. The molecular formula is C16H28N4O2. The lowest BCUT2D eigenvalue weighted by Gasteiger charge is -2.35. The van der Waals surface area contributed by atoms with Crippen molar-refractivity contribution in [3.63, 3.8) is 0 Å². The molecule has 1 unspecified atom stereocenters. The van der Waals surface area contributed by atoms with E-state index in [0.29, 0.717) is 12.3 Å². The summed E-state index contributed by atoms with van der Waals surface area (Å²) in [6.45, 7) is 1.57. The topological polar surface area (TPSA) is 90.5 Å². The molecule has 2 fully saturated rings. The second kappa shape index (κ2) is 7.72. The summed E-state index contributed by atoms with van der Waals surface area (Å²) in [5.74, 6) is 0.586. The minimum Gasteiger partial charge on any atom is -0.342 e. The number of nitrogens with one attached hydrogen (secondary N) is 1. The molecule has 1 heterocycles. The average molecular weight is 308 g/mol. The molecular weight excluding hydrogens is 280 g/mol. The van der Waals surface area contributed by atoms with E-state index in [1.165, 1.54) is 17.7 Å². The van der Waals surface area contributed by atoms with Crippen molar-refractivity contribution in [1.82, 2.24) is 9.80 Å². The lowest BCUT2D eigenvalue weighted by Crippen LogP contribution is -2.46. The van der Waals surface area contributed by atoms with Crippen molar-refractivity contribution in [2.75, 3.05) is 20.1 Å². The van der Waals surface area contributed by atoms with Gasteiger partial charge in [-0.05, 0) is 38.0 Å². The molecule has 2 atom stereocenters. The minimum atomic E-state index is -0.585. The standard InChI is InChI=1S/C16H28N4O2/c1-19(11-17)16(22)14(18)9-12-5-4-8-20(10-12)15(21)13-6-2-3-7-13/h11-14,17H,2-10,18H2,1H3/t12?,14-/m0/s1. The Bertz CT molecular complexity index is 420. The lowest BCUT2D eigenvalue weighted by atomic mass is 9.90. The summed E-state index contributed by atoms with van der Waals surface area (Å²) in [5.41, 5.74) is 5.97. The van der Waals surface area contributed by atoms with E-state index < -0.39 is 6.04 Å². The Kier molecular flexibility index (Phi) is 5.94. The fourth-order valence-corrected chi connectivity index (χ4v) is 3.67. The van der Waals surface area contributed by atoms with Crippen molar-refractivity contribution in [3.8, 4) is 0 Å². The summed E-state index contributed by atoms with van der Waals surface area (Å²) in [5, 5.41) is 7.11. The van der Waals surface area contributed by atoms with Gasteiger partial charge >= 0.3 is 0 Å². The van der Waals surface area contributed by atoms with Crippen molar-refractivity contribution >= 4 is 18.2 Å². The molecule has 0 bridgehead atoms. The monoisotopic (exact) mass is 308 g/mol. The number of hydrogen-bond donors (Lipinski definition) is 2. The van der Waals surface area contributed by atoms with Gasteiger partial charge in [0.1, 0.15) is 0 Å². The van der Waals surface area contributed by atoms with Gasteiger partial charge in [-0.2, -0.15) is 0 Å². The number of hydrogen-bond acceptors (Lipinski definition) is 4. The molecule has 0 aromatic heterocycles. The first-order valence-electron chi connectivity index (χ1n) is 8.34. The highest BCUT2D eigenvalue weighted by molar-refractivity contribution is 5.90. The zero-order valence-corrected chi connectivity index (χ0v) is 13.5. The first-order chi connectivity index (χ1) is 10.5. The Morgan fingerprint density at radius 2 is 2.00 bits per heavy atom. The molecule has 0 radical (unpaired) electrons. The van der Waals surface area contributed by atoms with Gasteiger partial charge in [0.15, 0.2) is 0 Å². The van der Waals surface area contributed by atoms with Crippen LogP contribution in [0, 0.1) is 17.2 Å². The number of likely N-dealkylation sites (N-methyl/N-ethyl adjacent to an activating group) is 1. The number of carbonyl (C=O) groups excluding carboxylic acids is 2. The summed E-state index contributed by atoms with van der Waals surface area (Å²) in [4.78, 5) is 27.7. The summed E-state index contributed by atoms with van der Waals surface area (Å²) in [7, 11) is 1.55. The summed E-state index contributed by atoms with van der Waals surface area (Å²) >= 11 is 0. The van der Waals surface area contributed by atoms with Gasteiger partial charge in [-0.25, -0.2) is 0 Å². The van der Waals surface area contributed by atoms with Crippen LogP contribution in [0.1, 0.15) is 44.9 Å². The maximum atomic E-state index is 12.5. The minimum absolute atomic E-state index is 0.220. The van der Waals surface area contributed by atoms with Crippen LogP contribution in [-0.2, 0) is 9.59 Å². The fourth-order valence-electron chi connectivity index (χ4n) is 3.67. The largest absolute Gasteiger partial charge is 0.342 e. The molecule has 6 nitrogen and oxygen atoms in total. The van der Waals surface area contributed by atoms with Crippen LogP contribution < -0.4 is 5.73 Å². The molecule has 2 rings (SSSR count). The highest BCUT2D eigenvalue weighted by Crippen LogP contribution is 2.29. The normalized spacial score (nSPS) is 24.1. The fraction of sp³-hybridized carbons (Fsp3) is 0.812. The first-order valence-corrected chi connectivity index (χ1v) is 8.34. The van der Waals surface area contributed by atoms with Gasteiger partial charge in [0, 0.05) is 26.1 Å². The molecule has 1 saturated heterocycles. The van der Waals surface area contributed by atoms with Crippen LogP contribution in [0.2, 0.25) is 0 Å². The molecule has 6 heteroatoms. The van der Waals surface area contributed by atoms with Crippen molar-refractivity contribution in [2.24, 2.45) is 17.6 Å². The van der Waals surface area contributed by atoms with Gasteiger partial charge in [0.2, 0.25) is 11.8 Å². The smallest absolute Gasteiger partial charge is 0.244 e. The number of amides is 2. The summed E-state index contributed by atoms with van der Waals surface area (Å²) in [6.07, 6.45) is 7.98. The van der Waals surface area contributed by atoms with Gasteiger partial charge in [0.25, 0.3) is 0 Å². The number of nitrogens with two attached hydrogens (primary N) is 1. The van der Waals surface area contributed by atoms with E-state index in [1.54, 1.807) is 7.05 Å². The quantitative estimate of drug-likeness (QED) is 0.590. The van der Waals surface area contributed by atoms with E-state index in [4.69, 9.17) is 11.1 Å². The van der Waals surface area contributed by atoms with Gasteiger partial charge in [-0.15, -0.1) is 0 Å². The van der Waals surface area contributed by atoms with E-state index >= 15 is 0 Å². The van der Waals surface area contributed by atoms with Crippen LogP contribution >= 0.6 is 0 Å². The molecule has 0 spiro atoms. The summed E-state index contributed by atoms with van der Waals surface area (Å²) in [6, 6.07) is -0.585. The predicted molar refractivity (Wildman–Crippen MR) is 85.4 cm³/mol. The Labute approximate surface area is 132 Å². The maximum Gasteiger partial charge on any atom is 0.244 e. The third-order valence-corrected chi connectivity index (χ3v) is 4.98. The third kappa shape index (κ3) is 4.06. The molecule has 1 aliphatic carbocycles. The van der Waals surface area contributed by atoms with Crippen LogP contribution in [-0.4, -0.2) is 54.1 Å². The van der Waals surface area contributed by atoms with E-state index in [0.717, 1.165) is 45.1 Å². The van der Waals surface area contributed by atoms with Gasteiger partial charge in [-0.1, -0.05) is 12.8 Å². The van der Waals surface area contributed by atoms with Crippen molar-refractivity contribution in [1.29, 1.82) is 5.41 Å². The Hall–Kier alpha value is -1.43. The van der Waals surface area contributed by atoms with Crippen LogP contribution in [0.15, 0.2) is 0 Å². The molecule has 3 N–H and O–H groups in total. The van der Waals surface area contributed by atoms with Gasteiger partial charge in [-0.3, -0.25) is 15.0 Å². The zero-order chi connectivity index (χ0) is 16.1. The van der Waals surface area contributed by atoms with E-state index in [9.17, 15) is 9.59 Å². The highest BCUT2D eigenvalue weighted by atomic mass is 16.2. The average Bonchev–Trinajstić information content (AvgIpc) is 3.07. The molecule has 2 amide bonds. The first kappa shape index (κ1) is 16.9. The lowest BCUT2D eigenvalue weighted by molar-refractivity contribution is -0.137. The van der Waals surface area contributed by atoms with E-state index in [2.05, 4.69) is 0 Å². The zero-order valence-electron chi connectivity index (χ0n) is 13.5. The Balaban J connectivity index is 1.86. The maximum absolute atomic E-state index is 12.5. The van der Waals surface area contributed by atoms with Crippen molar-refractivity contribution in [3.05, 3.63) is 0 Å². The number of piperidine rings is 1. The summed E-state index contributed by atoms with van der Waals surface area (Å²) < 4.78 is 0. The number of likely N-dealkylation sites (tertiary alicyclic amines) is 1. The Morgan fingerprint density at radius 3 is 2.64 bits per heavy atom. The molecule has 22 heavy (non-hydrogen) atoms. The second-order valence-corrected chi connectivity index (χ2v) is 6.69. The van der Waals surface area contributed by atoms with Crippen LogP contribution in [0.5, 0.6) is 0 Å². The van der Waals surface area contributed by atoms with Gasteiger partial charge < -0.3 is 15.5 Å². The molecule has 0 aromatic rings. The van der Waals surface area contributed by atoms with Crippen molar-refractivity contribution in [2.45, 2.75) is 51.0 Å². The van der Waals surface area contributed by atoms with Crippen LogP contribution in [0.25, 0.3) is 0 Å². The second-order valence-electron chi connectivity index (χ2n) is 6.69. The van der Waals surface area contributed by atoms with E-state index in [1.807, 2.05) is 4.90 Å². The van der Waals surface area contributed by atoms with Gasteiger partial charge in [0.05, 0.1) is 12.4 Å². The number of nitrogens with zero attached hydrogens (tertiary/aromatic N) is 2. The van der Waals surface area contributed by atoms with Crippen molar-refractivity contribution < 1.29 is 9.59 Å². The Morgan fingerprint density at radius 1 is 1.32 bits per heavy atom. The molecule has 124 valence electrons. The predicted octanol–water partition coefficient (Wildman–Crippen LogP) is 1.20. The SMILES string of the molecule is CN(C=N)C(=O)[C@@H](N)CC1CCCN(C(=O)C2CCCC2)C1.